The van der Waals surface area contributed by atoms with Gasteiger partial charge in [-0.2, -0.15) is 5.26 Å². The number of nitro groups is 1. The summed E-state index contributed by atoms with van der Waals surface area (Å²) in [5.41, 5.74) is 1.93. The van der Waals surface area contributed by atoms with E-state index < -0.39 is 16.8 Å². The standard InChI is InChI=1S/C25H26N4O6S/c1-2-35-25(31)22-19-5-3-4-6-21(19)36-24(22)27-23(30)17(15-26)13-16-14-18(29(32)33)7-8-20(16)28-9-11-34-12-10-28/h7-8,13-14H,2-6,9-12H2,1H3,(H,27,30)/b17-13+. The van der Waals surface area contributed by atoms with Crippen molar-refractivity contribution >= 4 is 45.7 Å². The van der Waals surface area contributed by atoms with E-state index in [1.807, 2.05) is 11.0 Å². The number of esters is 1. The van der Waals surface area contributed by atoms with E-state index in [0.717, 1.165) is 36.1 Å². The molecule has 2 aromatic rings. The van der Waals surface area contributed by atoms with E-state index in [0.29, 0.717) is 48.1 Å². The number of anilines is 2. The minimum Gasteiger partial charge on any atom is -0.462 e. The second-order valence-electron chi connectivity index (χ2n) is 8.36. The lowest BCUT2D eigenvalue weighted by molar-refractivity contribution is -0.384. The van der Waals surface area contributed by atoms with E-state index >= 15 is 0 Å². The predicted molar refractivity (Wildman–Crippen MR) is 135 cm³/mol. The van der Waals surface area contributed by atoms with Crippen LogP contribution in [0.15, 0.2) is 23.8 Å². The van der Waals surface area contributed by atoms with Crippen LogP contribution in [0.3, 0.4) is 0 Å². The van der Waals surface area contributed by atoms with Crippen molar-refractivity contribution in [3.8, 4) is 6.07 Å². The summed E-state index contributed by atoms with van der Waals surface area (Å²) in [6.07, 6.45) is 4.85. The van der Waals surface area contributed by atoms with Crippen LogP contribution in [0.1, 0.15) is 46.1 Å². The molecule has 1 saturated heterocycles. The van der Waals surface area contributed by atoms with Crippen LogP contribution in [0.2, 0.25) is 0 Å². The number of benzene rings is 1. The van der Waals surface area contributed by atoms with Gasteiger partial charge in [0, 0.05) is 41.4 Å². The molecule has 188 valence electrons. The molecule has 0 atom stereocenters. The van der Waals surface area contributed by atoms with E-state index in [4.69, 9.17) is 9.47 Å². The van der Waals surface area contributed by atoms with Crippen molar-refractivity contribution in [1.29, 1.82) is 5.26 Å². The Balaban J connectivity index is 1.69. The molecule has 0 radical (unpaired) electrons. The Bertz CT molecular complexity index is 1260. The highest BCUT2D eigenvalue weighted by Gasteiger charge is 2.28. The minimum absolute atomic E-state index is 0.147. The Kier molecular flexibility index (Phi) is 7.97. The van der Waals surface area contributed by atoms with Gasteiger partial charge in [-0.05, 0) is 50.3 Å². The zero-order valence-corrected chi connectivity index (χ0v) is 20.7. The Hall–Kier alpha value is -3.75. The lowest BCUT2D eigenvalue weighted by atomic mass is 9.95. The first-order chi connectivity index (χ1) is 17.4. The zero-order valence-electron chi connectivity index (χ0n) is 19.9. The zero-order chi connectivity index (χ0) is 25.7. The number of non-ortho nitro benzene ring substituents is 1. The summed E-state index contributed by atoms with van der Waals surface area (Å²) < 4.78 is 10.6. The average Bonchev–Trinajstić information content (AvgIpc) is 3.25. The number of carbonyl (C=O) groups excluding carboxylic acids is 2. The summed E-state index contributed by atoms with van der Waals surface area (Å²) in [6, 6.07) is 6.28. The number of amides is 1. The quantitative estimate of drug-likeness (QED) is 0.193. The molecule has 1 fully saturated rings. The largest absolute Gasteiger partial charge is 0.462 e. The van der Waals surface area contributed by atoms with Crippen LogP contribution < -0.4 is 10.2 Å². The van der Waals surface area contributed by atoms with Gasteiger partial charge in [0.05, 0.1) is 30.3 Å². The molecule has 1 amide bonds. The summed E-state index contributed by atoms with van der Waals surface area (Å²) in [6.45, 7) is 4.09. The maximum absolute atomic E-state index is 13.2. The smallest absolute Gasteiger partial charge is 0.341 e. The molecule has 36 heavy (non-hydrogen) atoms. The number of nitro benzene ring substituents is 1. The summed E-state index contributed by atoms with van der Waals surface area (Å²) in [5.74, 6) is -1.19. The first-order valence-corrected chi connectivity index (χ1v) is 12.6. The van der Waals surface area contributed by atoms with Crippen molar-refractivity contribution < 1.29 is 24.0 Å². The number of thiophene rings is 1. The van der Waals surface area contributed by atoms with Crippen LogP contribution in [0.4, 0.5) is 16.4 Å². The highest BCUT2D eigenvalue weighted by molar-refractivity contribution is 7.17. The molecule has 1 aliphatic carbocycles. The molecule has 0 unspecified atom stereocenters. The highest BCUT2D eigenvalue weighted by Crippen LogP contribution is 2.39. The number of carbonyl (C=O) groups is 2. The van der Waals surface area contributed by atoms with E-state index in [2.05, 4.69) is 5.32 Å². The topological polar surface area (TPSA) is 135 Å². The first kappa shape index (κ1) is 25.3. The third kappa shape index (κ3) is 5.40. The maximum atomic E-state index is 13.2. The maximum Gasteiger partial charge on any atom is 0.341 e. The van der Waals surface area contributed by atoms with Gasteiger partial charge < -0.3 is 19.7 Å². The fourth-order valence-corrected chi connectivity index (χ4v) is 5.68. The molecule has 4 rings (SSSR count). The highest BCUT2D eigenvalue weighted by atomic mass is 32.1. The number of hydrogen-bond acceptors (Lipinski definition) is 9. The van der Waals surface area contributed by atoms with Gasteiger partial charge in [-0.3, -0.25) is 14.9 Å². The van der Waals surface area contributed by atoms with Crippen molar-refractivity contribution in [3.63, 3.8) is 0 Å². The fraction of sp³-hybridized carbons (Fsp3) is 0.400. The number of morpholine rings is 1. The molecule has 2 aliphatic rings. The third-order valence-electron chi connectivity index (χ3n) is 6.12. The number of ether oxygens (including phenoxy) is 2. The normalized spacial score (nSPS) is 15.6. The SMILES string of the molecule is CCOC(=O)c1c(NC(=O)/C(C#N)=C/c2cc([N+](=O)[O-])ccc2N2CCOCC2)sc2c1CCCC2. The van der Waals surface area contributed by atoms with Crippen molar-refractivity contribution in [3.05, 3.63) is 55.5 Å². The van der Waals surface area contributed by atoms with Gasteiger partial charge in [-0.1, -0.05) is 0 Å². The van der Waals surface area contributed by atoms with Gasteiger partial charge in [0.15, 0.2) is 0 Å². The monoisotopic (exact) mass is 510 g/mol. The number of aryl methyl sites for hydroxylation is 1. The van der Waals surface area contributed by atoms with Crippen LogP contribution in [0, 0.1) is 21.4 Å². The number of nitrogens with zero attached hydrogens (tertiary/aromatic N) is 3. The number of fused-ring (bicyclic) bond motifs is 1. The van der Waals surface area contributed by atoms with Gasteiger partial charge in [0.1, 0.15) is 16.6 Å². The minimum atomic E-state index is -0.693. The predicted octanol–water partition coefficient (Wildman–Crippen LogP) is 4.09. The second kappa shape index (κ2) is 11.3. The Morgan fingerprint density at radius 3 is 2.75 bits per heavy atom. The number of rotatable bonds is 7. The molecule has 0 saturated carbocycles. The first-order valence-electron chi connectivity index (χ1n) is 11.8. The summed E-state index contributed by atoms with van der Waals surface area (Å²) in [5, 5.41) is 24.3. The van der Waals surface area contributed by atoms with Crippen LogP contribution >= 0.6 is 11.3 Å². The average molecular weight is 511 g/mol. The molecule has 11 heteroatoms. The van der Waals surface area contributed by atoms with Gasteiger partial charge >= 0.3 is 5.97 Å². The van der Waals surface area contributed by atoms with Crippen molar-refractivity contribution in [2.24, 2.45) is 0 Å². The van der Waals surface area contributed by atoms with Crippen LogP contribution in [0.25, 0.3) is 6.08 Å². The van der Waals surface area contributed by atoms with Crippen LogP contribution in [0.5, 0.6) is 0 Å². The van der Waals surface area contributed by atoms with Crippen LogP contribution in [-0.4, -0.2) is 49.7 Å². The number of hydrogen-bond donors (Lipinski definition) is 1. The Labute approximate surface area is 212 Å². The molecule has 0 bridgehead atoms. The van der Waals surface area contributed by atoms with E-state index in [1.54, 1.807) is 13.0 Å². The van der Waals surface area contributed by atoms with Crippen LogP contribution in [-0.2, 0) is 27.1 Å². The van der Waals surface area contributed by atoms with Crippen molar-refractivity contribution in [1.82, 2.24) is 0 Å². The van der Waals surface area contributed by atoms with E-state index in [-0.39, 0.29) is 17.9 Å². The molecule has 2 heterocycles. The molecule has 0 spiro atoms. The number of nitriles is 1. The van der Waals surface area contributed by atoms with Gasteiger partial charge in [-0.25, -0.2) is 4.79 Å². The Morgan fingerprint density at radius 1 is 1.31 bits per heavy atom. The van der Waals surface area contributed by atoms with Gasteiger partial charge in [-0.15, -0.1) is 11.3 Å². The summed E-state index contributed by atoms with van der Waals surface area (Å²) >= 11 is 1.33. The molecule has 1 aliphatic heterocycles. The molecule has 10 nitrogen and oxygen atoms in total. The third-order valence-corrected chi connectivity index (χ3v) is 7.32. The Morgan fingerprint density at radius 2 is 2.06 bits per heavy atom. The molecule has 1 aromatic heterocycles. The van der Waals surface area contributed by atoms with Gasteiger partial charge in [0.2, 0.25) is 0 Å². The molecular formula is C25H26N4O6S. The van der Waals surface area contributed by atoms with Crippen molar-refractivity contribution in [2.75, 3.05) is 43.1 Å². The van der Waals surface area contributed by atoms with E-state index in [1.165, 1.54) is 29.5 Å². The molecule has 1 N–H and O–H groups in total. The fourth-order valence-electron chi connectivity index (χ4n) is 4.41. The second-order valence-corrected chi connectivity index (χ2v) is 9.46. The van der Waals surface area contributed by atoms with Crippen molar-refractivity contribution in [2.45, 2.75) is 32.6 Å². The van der Waals surface area contributed by atoms with E-state index in [9.17, 15) is 25.0 Å². The lowest BCUT2D eigenvalue weighted by Crippen LogP contribution is -2.36. The summed E-state index contributed by atoms with van der Waals surface area (Å²) in [7, 11) is 0. The summed E-state index contributed by atoms with van der Waals surface area (Å²) in [4.78, 5) is 39.8. The lowest BCUT2D eigenvalue weighted by Gasteiger charge is -2.30. The van der Waals surface area contributed by atoms with Gasteiger partial charge in [0.25, 0.3) is 11.6 Å². The number of nitrogens with one attached hydrogen (secondary N) is 1. The molecule has 1 aromatic carbocycles. The molecular weight excluding hydrogens is 484 g/mol.